The van der Waals surface area contributed by atoms with Gasteiger partial charge in [0.05, 0.1) is 6.42 Å². The molecule has 0 saturated carbocycles. The van der Waals surface area contributed by atoms with Gasteiger partial charge >= 0.3 is 0 Å². The number of alkyl halides is 6. The average molecular weight is 793 g/mol. The fourth-order valence-corrected chi connectivity index (χ4v) is 5.02. The average Bonchev–Trinajstić information content (AvgIpc) is 3.57. The SMILES string of the molecule is C.C.O=C1CC(=O)c2ccccc21.O=C1c2ccccc2C(=O)C1C(O)C(Cl)(Cl)Cl.O=CC(Cl)(Cl)Cl.O=CC1C(=O)c2ccccc2C1=O. The lowest BCUT2D eigenvalue weighted by Gasteiger charge is -2.22. The molecule has 0 amide bonds. The number of carbonyl (C=O) groups is 8. The standard InChI is InChI=1S/C11H7Cl3O3.C10H6O3.C9H6O2.C2HCl3O.2CH4/c12-11(13,14)10(17)7-8(15)5-3-1-2-4-6(5)9(7)16;11-5-8-9(12)6-3-1-2-4-7(6)10(8)13;10-8-5-9(11)7-4-2-1-3-6(7)8;3-2(4,5)1-6;;/h1-4,7,10,17H;1-5,8H;1-4H,5H2;1H;2*1H4. The molecule has 9 nitrogen and oxygen atoms in total. The summed E-state index contributed by atoms with van der Waals surface area (Å²) in [6.07, 6.45) is -0.957. The molecule has 1 atom stereocenters. The fraction of sp³-hybridized carbons (Fsp3) is 0.235. The maximum Gasteiger partial charge on any atom is 0.245 e. The van der Waals surface area contributed by atoms with E-state index >= 15 is 0 Å². The molecule has 0 bridgehead atoms. The van der Waals surface area contributed by atoms with Crippen molar-refractivity contribution in [1.29, 1.82) is 0 Å². The number of ketones is 6. The molecule has 0 saturated heterocycles. The Kier molecular flexibility index (Phi) is 16.2. The van der Waals surface area contributed by atoms with Crippen LogP contribution >= 0.6 is 69.6 Å². The fourth-order valence-electron chi connectivity index (χ4n) is 4.64. The van der Waals surface area contributed by atoms with Gasteiger partial charge in [0.1, 0.15) is 24.2 Å². The molecule has 3 aliphatic carbocycles. The second kappa shape index (κ2) is 18.1. The van der Waals surface area contributed by atoms with E-state index in [0.29, 0.717) is 28.5 Å². The predicted molar refractivity (Wildman–Crippen MR) is 189 cm³/mol. The molecule has 15 heteroatoms. The number of fused-ring (bicyclic) bond motifs is 3. The number of aliphatic hydroxyl groups is 1. The van der Waals surface area contributed by atoms with Crippen LogP contribution in [0.25, 0.3) is 0 Å². The maximum atomic E-state index is 11.9. The molecular weight excluding hydrogens is 765 g/mol. The highest BCUT2D eigenvalue weighted by atomic mass is 35.6. The molecule has 0 aromatic heterocycles. The Morgan fingerprint density at radius 3 is 1.12 bits per heavy atom. The van der Waals surface area contributed by atoms with Crippen molar-refractivity contribution in [1.82, 2.24) is 0 Å². The number of Topliss-reactive ketones (excluding diaryl/α,β-unsaturated/α-hetero) is 6. The van der Waals surface area contributed by atoms with Crippen LogP contribution in [-0.2, 0) is 9.59 Å². The van der Waals surface area contributed by atoms with Crippen molar-refractivity contribution in [3.63, 3.8) is 0 Å². The van der Waals surface area contributed by atoms with Crippen LogP contribution in [0, 0.1) is 11.8 Å². The second-order valence-corrected chi connectivity index (χ2v) is 14.6. The number of hydrogen-bond acceptors (Lipinski definition) is 9. The predicted octanol–water partition coefficient (Wildman–Crippen LogP) is 7.58. The molecule has 49 heavy (non-hydrogen) atoms. The van der Waals surface area contributed by atoms with E-state index in [2.05, 4.69) is 0 Å². The van der Waals surface area contributed by atoms with Crippen LogP contribution in [-0.4, -0.2) is 66.1 Å². The summed E-state index contributed by atoms with van der Waals surface area (Å²) < 4.78 is -3.79. The van der Waals surface area contributed by atoms with Crippen molar-refractivity contribution >= 4 is 117 Å². The first kappa shape index (κ1) is 43.7. The first-order valence-corrected chi connectivity index (χ1v) is 15.4. The van der Waals surface area contributed by atoms with Crippen molar-refractivity contribution < 1.29 is 43.5 Å². The lowest BCUT2D eigenvalue weighted by Crippen LogP contribution is -2.39. The topological polar surface area (TPSA) is 157 Å². The second-order valence-electron chi connectivity index (χ2n) is 9.85. The smallest absolute Gasteiger partial charge is 0.245 e. The highest BCUT2D eigenvalue weighted by molar-refractivity contribution is 6.74. The number of aliphatic hydroxyl groups excluding tert-OH is 1. The molecule has 1 unspecified atom stereocenters. The van der Waals surface area contributed by atoms with Gasteiger partial charge in [-0.15, -0.1) is 0 Å². The number of rotatable bonds is 2. The third kappa shape index (κ3) is 10.4. The molecule has 0 heterocycles. The third-order valence-electron chi connectivity index (χ3n) is 6.82. The molecule has 6 rings (SSSR count). The van der Waals surface area contributed by atoms with Gasteiger partial charge in [-0.1, -0.05) is 157 Å². The van der Waals surface area contributed by atoms with E-state index in [1.807, 2.05) is 0 Å². The molecule has 260 valence electrons. The van der Waals surface area contributed by atoms with Gasteiger partial charge in [-0.2, -0.15) is 0 Å². The molecule has 1 N–H and O–H groups in total. The van der Waals surface area contributed by atoms with Crippen molar-refractivity contribution in [3.8, 4) is 0 Å². The number of halogens is 6. The minimum absolute atomic E-state index is 0. The van der Waals surface area contributed by atoms with Gasteiger partial charge in [0.15, 0.2) is 41.0 Å². The molecule has 3 aromatic carbocycles. The zero-order valence-corrected chi connectivity index (χ0v) is 28.0. The summed E-state index contributed by atoms with van der Waals surface area (Å²) in [7, 11) is 0. The van der Waals surface area contributed by atoms with Gasteiger partial charge in [-0.3, -0.25) is 33.6 Å². The largest absolute Gasteiger partial charge is 0.387 e. The lowest BCUT2D eigenvalue weighted by molar-refractivity contribution is -0.109. The minimum atomic E-state index is -2.07. The van der Waals surface area contributed by atoms with Gasteiger partial charge in [-0.05, 0) is 0 Å². The van der Waals surface area contributed by atoms with Crippen molar-refractivity contribution in [3.05, 3.63) is 106 Å². The zero-order valence-electron chi connectivity index (χ0n) is 23.5. The van der Waals surface area contributed by atoms with Crippen LogP contribution in [0.5, 0.6) is 0 Å². The summed E-state index contributed by atoms with van der Waals surface area (Å²) >= 11 is 31.2. The summed E-state index contributed by atoms with van der Waals surface area (Å²) in [6, 6.07) is 19.7. The van der Waals surface area contributed by atoms with E-state index in [9.17, 15) is 43.5 Å². The van der Waals surface area contributed by atoms with Crippen LogP contribution in [0.2, 0.25) is 0 Å². The first-order valence-electron chi connectivity index (χ1n) is 13.2. The van der Waals surface area contributed by atoms with E-state index in [1.165, 1.54) is 12.1 Å². The van der Waals surface area contributed by atoms with E-state index < -0.39 is 37.1 Å². The van der Waals surface area contributed by atoms with Crippen molar-refractivity contribution in [2.24, 2.45) is 11.8 Å². The summed E-state index contributed by atoms with van der Waals surface area (Å²) in [4.78, 5) is 88.6. The Bertz CT molecular complexity index is 1670. The highest BCUT2D eigenvalue weighted by Crippen LogP contribution is 2.39. The van der Waals surface area contributed by atoms with Gasteiger partial charge in [0.25, 0.3) is 0 Å². The Morgan fingerprint density at radius 1 is 0.571 bits per heavy atom. The summed E-state index contributed by atoms with van der Waals surface area (Å²) in [5.41, 5.74) is 2.41. The van der Waals surface area contributed by atoms with Gasteiger partial charge in [0, 0.05) is 33.4 Å². The lowest BCUT2D eigenvalue weighted by atomic mass is 9.98. The number of carbonyl (C=O) groups excluding carboxylic acids is 8. The highest BCUT2D eigenvalue weighted by Gasteiger charge is 2.49. The zero-order chi connectivity index (χ0) is 35.3. The molecule has 0 radical (unpaired) electrons. The van der Waals surface area contributed by atoms with Crippen LogP contribution in [0.4, 0.5) is 0 Å². The van der Waals surface area contributed by atoms with Crippen molar-refractivity contribution in [2.45, 2.75) is 35.0 Å². The quantitative estimate of drug-likeness (QED) is 0.157. The van der Waals surface area contributed by atoms with Crippen LogP contribution in [0.3, 0.4) is 0 Å². The molecule has 0 spiro atoms. The Balaban J connectivity index is 0.000000339. The van der Waals surface area contributed by atoms with E-state index in [4.69, 9.17) is 69.6 Å². The van der Waals surface area contributed by atoms with Crippen LogP contribution in [0.1, 0.15) is 83.4 Å². The minimum Gasteiger partial charge on any atom is -0.387 e. The number of aldehydes is 2. The summed E-state index contributed by atoms with van der Waals surface area (Å²) in [6.45, 7) is 0. The van der Waals surface area contributed by atoms with E-state index in [-0.39, 0.29) is 61.8 Å². The Labute approximate surface area is 311 Å². The van der Waals surface area contributed by atoms with Crippen LogP contribution in [0.15, 0.2) is 72.8 Å². The summed E-state index contributed by atoms with van der Waals surface area (Å²) in [5, 5.41) is 9.76. The number of hydrogen-bond donors (Lipinski definition) is 1. The normalized spacial score (nSPS) is 15.4. The van der Waals surface area contributed by atoms with Gasteiger partial charge in [-0.25, -0.2) is 0 Å². The molecular formula is C34H28Cl6O9. The Morgan fingerprint density at radius 2 is 0.857 bits per heavy atom. The molecule has 3 aliphatic rings. The van der Waals surface area contributed by atoms with Gasteiger partial charge in [0.2, 0.25) is 7.59 Å². The first-order chi connectivity index (χ1) is 21.9. The van der Waals surface area contributed by atoms with E-state index in [0.717, 1.165) is 0 Å². The number of benzene rings is 3. The van der Waals surface area contributed by atoms with Crippen LogP contribution < -0.4 is 0 Å². The van der Waals surface area contributed by atoms with E-state index in [1.54, 1.807) is 60.7 Å². The summed E-state index contributed by atoms with van der Waals surface area (Å²) in [5.74, 6) is -4.31. The molecule has 3 aromatic rings. The maximum absolute atomic E-state index is 11.9. The third-order valence-corrected chi connectivity index (χ3v) is 7.75. The van der Waals surface area contributed by atoms with Crippen molar-refractivity contribution in [2.75, 3.05) is 0 Å². The Hall–Kier alpha value is -3.28. The monoisotopic (exact) mass is 790 g/mol. The molecule has 0 fully saturated rings. The van der Waals surface area contributed by atoms with Gasteiger partial charge < -0.3 is 9.90 Å². The molecule has 0 aliphatic heterocycles.